The molecule has 2 aromatic rings. The van der Waals surface area contributed by atoms with Crippen LogP contribution >= 0.6 is 43.5 Å². The summed E-state index contributed by atoms with van der Waals surface area (Å²) >= 11 is 12.2. The lowest BCUT2D eigenvalue weighted by molar-refractivity contribution is -0.176. The zero-order valence-corrected chi connectivity index (χ0v) is 20.8. The predicted octanol–water partition coefficient (Wildman–Crippen LogP) is 6.87. The number of halogens is 7. The van der Waals surface area contributed by atoms with Crippen molar-refractivity contribution in [3.63, 3.8) is 0 Å². The molecule has 1 heterocycles. The van der Waals surface area contributed by atoms with E-state index >= 15 is 0 Å². The maximum atomic E-state index is 14.0. The summed E-state index contributed by atoms with van der Waals surface area (Å²) in [7, 11) is 0. The van der Waals surface area contributed by atoms with Crippen molar-refractivity contribution in [1.29, 1.82) is 0 Å². The second-order valence-corrected chi connectivity index (χ2v) is 10.1. The molecule has 0 radical (unpaired) electrons. The number of rotatable bonds is 6. The Hall–Kier alpha value is -1.65. The lowest BCUT2D eigenvalue weighted by Crippen LogP contribution is -2.32. The van der Waals surface area contributed by atoms with Gasteiger partial charge in [0.05, 0.1) is 14.7 Å². The van der Waals surface area contributed by atoms with Gasteiger partial charge in [0, 0.05) is 29.5 Å². The molecular formula is C22H17Br2ClF4N2O2. The van der Waals surface area contributed by atoms with Crippen molar-refractivity contribution in [3.8, 4) is 0 Å². The standard InChI is InChI=1S/C22H17Br2ClF4N2O2/c23-14-5-13(6-15(24)20(14)26)19(22(27,28)29)18-8-17(31-33-18)11-3-4-12(16(25)7-11)9-30-21(32)10-1-2-10/h3-7,10,18-19H,1-2,8-9H2,(H,30,32). The summed E-state index contributed by atoms with van der Waals surface area (Å²) in [4.78, 5) is 17.0. The van der Waals surface area contributed by atoms with Gasteiger partial charge in [0.2, 0.25) is 5.91 Å². The number of nitrogens with one attached hydrogen (secondary N) is 1. The highest BCUT2D eigenvalue weighted by Crippen LogP contribution is 2.44. The number of alkyl halides is 3. The molecule has 2 unspecified atom stereocenters. The van der Waals surface area contributed by atoms with Crippen LogP contribution in [0.15, 0.2) is 44.4 Å². The summed E-state index contributed by atoms with van der Waals surface area (Å²) in [6.07, 6.45) is -4.28. The van der Waals surface area contributed by atoms with Crippen LogP contribution in [0.3, 0.4) is 0 Å². The summed E-state index contributed by atoms with van der Waals surface area (Å²) in [6.45, 7) is 0.268. The number of nitrogens with zero attached hydrogens (tertiary/aromatic N) is 1. The quantitative estimate of drug-likeness (QED) is 0.286. The van der Waals surface area contributed by atoms with E-state index in [1.54, 1.807) is 18.2 Å². The van der Waals surface area contributed by atoms with E-state index in [1.165, 1.54) is 0 Å². The Morgan fingerprint density at radius 2 is 1.88 bits per heavy atom. The number of carbonyl (C=O) groups is 1. The molecule has 11 heteroatoms. The lowest BCUT2D eigenvalue weighted by atomic mass is 9.89. The third kappa shape index (κ3) is 5.54. The first-order valence-corrected chi connectivity index (χ1v) is 12.0. The first-order chi connectivity index (χ1) is 15.5. The van der Waals surface area contributed by atoms with Crippen molar-refractivity contribution >= 4 is 55.1 Å². The van der Waals surface area contributed by atoms with Crippen molar-refractivity contribution in [2.24, 2.45) is 11.1 Å². The van der Waals surface area contributed by atoms with Gasteiger partial charge in [-0.05, 0) is 74.0 Å². The molecule has 1 fully saturated rings. The van der Waals surface area contributed by atoms with E-state index < -0.39 is 24.0 Å². The fraction of sp³-hybridized carbons (Fsp3) is 0.364. The van der Waals surface area contributed by atoms with Crippen LogP contribution in [-0.4, -0.2) is 23.9 Å². The maximum absolute atomic E-state index is 14.0. The van der Waals surface area contributed by atoms with Gasteiger partial charge in [-0.2, -0.15) is 13.2 Å². The highest BCUT2D eigenvalue weighted by atomic mass is 79.9. The van der Waals surface area contributed by atoms with Gasteiger partial charge in [0.15, 0.2) is 5.82 Å². The molecule has 1 amide bonds. The SMILES string of the molecule is O=C(NCc1ccc(C2=NOC(C(c3cc(Br)c(F)c(Br)c3)C(F)(F)F)C2)cc1Cl)C1CC1. The Morgan fingerprint density at radius 3 is 2.45 bits per heavy atom. The molecule has 0 spiro atoms. The third-order valence-corrected chi connectivity index (χ3v) is 7.08. The van der Waals surface area contributed by atoms with Gasteiger partial charge in [-0.15, -0.1) is 0 Å². The lowest BCUT2D eigenvalue weighted by Gasteiger charge is -2.25. The second kappa shape index (κ2) is 9.54. The predicted molar refractivity (Wildman–Crippen MR) is 123 cm³/mol. The van der Waals surface area contributed by atoms with E-state index in [0.717, 1.165) is 25.0 Å². The van der Waals surface area contributed by atoms with Gasteiger partial charge in [0.1, 0.15) is 12.0 Å². The van der Waals surface area contributed by atoms with Crippen LogP contribution in [-0.2, 0) is 16.2 Å². The van der Waals surface area contributed by atoms with Crippen LogP contribution in [0, 0.1) is 11.7 Å². The molecule has 33 heavy (non-hydrogen) atoms. The Kier molecular flexibility index (Phi) is 7.08. The van der Waals surface area contributed by atoms with E-state index in [1.807, 2.05) is 0 Å². The average molecular weight is 613 g/mol. The first-order valence-electron chi connectivity index (χ1n) is 10.0. The molecule has 4 rings (SSSR count). The fourth-order valence-electron chi connectivity index (χ4n) is 3.66. The molecule has 0 saturated heterocycles. The van der Waals surface area contributed by atoms with Gasteiger partial charge < -0.3 is 10.2 Å². The van der Waals surface area contributed by atoms with E-state index in [0.29, 0.717) is 21.9 Å². The molecule has 0 bridgehead atoms. The summed E-state index contributed by atoms with van der Waals surface area (Å²) in [5, 5.41) is 7.07. The van der Waals surface area contributed by atoms with Gasteiger partial charge in [-0.3, -0.25) is 4.79 Å². The van der Waals surface area contributed by atoms with Crippen molar-refractivity contribution in [1.82, 2.24) is 5.32 Å². The molecule has 1 N–H and O–H groups in total. The third-order valence-electron chi connectivity index (χ3n) is 5.57. The highest BCUT2D eigenvalue weighted by Gasteiger charge is 2.49. The van der Waals surface area contributed by atoms with Gasteiger partial charge in [-0.1, -0.05) is 28.9 Å². The Morgan fingerprint density at radius 1 is 1.21 bits per heavy atom. The first kappa shape index (κ1) is 24.5. The molecule has 1 aliphatic heterocycles. The van der Waals surface area contributed by atoms with E-state index in [2.05, 4.69) is 42.3 Å². The number of oxime groups is 1. The minimum Gasteiger partial charge on any atom is -0.391 e. The normalized spacial score (nSPS) is 19.1. The molecule has 0 aromatic heterocycles. The van der Waals surface area contributed by atoms with Crippen LogP contribution in [0.1, 0.15) is 41.9 Å². The summed E-state index contributed by atoms with van der Waals surface area (Å²) in [5.41, 5.74) is 1.40. The summed E-state index contributed by atoms with van der Waals surface area (Å²) < 4.78 is 55.6. The smallest absolute Gasteiger partial charge is 0.391 e. The molecular weight excluding hydrogens is 596 g/mol. The average Bonchev–Trinajstić information content (AvgIpc) is 3.48. The van der Waals surface area contributed by atoms with E-state index in [4.69, 9.17) is 16.4 Å². The molecule has 176 valence electrons. The van der Waals surface area contributed by atoms with Crippen molar-refractivity contribution in [2.75, 3.05) is 0 Å². The Labute approximate surface area is 209 Å². The minimum atomic E-state index is -4.65. The molecule has 2 aliphatic rings. The maximum Gasteiger partial charge on any atom is 0.399 e. The zero-order chi connectivity index (χ0) is 23.9. The molecule has 2 aromatic carbocycles. The monoisotopic (exact) mass is 610 g/mol. The number of hydrogen-bond donors (Lipinski definition) is 1. The number of carbonyl (C=O) groups excluding carboxylic acids is 1. The van der Waals surface area contributed by atoms with Crippen molar-refractivity contribution < 1.29 is 27.2 Å². The molecule has 1 aliphatic carbocycles. The number of hydrogen-bond acceptors (Lipinski definition) is 3. The number of amides is 1. The van der Waals surface area contributed by atoms with Crippen molar-refractivity contribution in [3.05, 3.63) is 66.8 Å². The van der Waals surface area contributed by atoms with Crippen LogP contribution in [0.2, 0.25) is 5.02 Å². The molecule has 1 saturated carbocycles. The molecule has 4 nitrogen and oxygen atoms in total. The minimum absolute atomic E-state index is 0.0104. The Bertz CT molecular complexity index is 1100. The second-order valence-electron chi connectivity index (χ2n) is 8.00. The largest absolute Gasteiger partial charge is 0.399 e. The van der Waals surface area contributed by atoms with Crippen LogP contribution in [0.4, 0.5) is 17.6 Å². The van der Waals surface area contributed by atoms with Crippen LogP contribution in [0.25, 0.3) is 0 Å². The van der Waals surface area contributed by atoms with Crippen LogP contribution in [0.5, 0.6) is 0 Å². The highest BCUT2D eigenvalue weighted by molar-refractivity contribution is 9.11. The fourth-order valence-corrected chi connectivity index (χ4v) is 5.13. The van der Waals surface area contributed by atoms with E-state index in [-0.39, 0.29) is 39.3 Å². The summed E-state index contributed by atoms with van der Waals surface area (Å²) in [5.74, 6) is -2.64. The van der Waals surface area contributed by atoms with E-state index in [9.17, 15) is 22.4 Å². The van der Waals surface area contributed by atoms with Gasteiger partial charge >= 0.3 is 6.18 Å². The molecule has 2 atom stereocenters. The Balaban J connectivity index is 1.50. The van der Waals surface area contributed by atoms with Crippen LogP contribution < -0.4 is 5.32 Å². The summed E-state index contributed by atoms with van der Waals surface area (Å²) in [6, 6.07) is 7.18. The van der Waals surface area contributed by atoms with Gasteiger partial charge in [0.25, 0.3) is 0 Å². The topological polar surface area (TPSA) is 50.7 Å². The number of benzene rings is 2. The van der Waals surface area contributed by atoms with Crippen molar-refractivity contribution in [2.45, 2.75) is 44.0 Å². The van der Waals surface area contributed by atoms with Gasteiger partial charge in [-0.25, -0.2) is 4.39 Å². The zero-order valence-electron chi connectivity index (χ0n) is 16.9.